The minimum atomic E-state index is -0.233. The van der Waals surface area contributed by atoms with Crippen LogP contribution in [0.2, 0.25) is 0 Å². The Balaban J connectivity index is 2.16. The summed E-state index contributed by atoms with van der Waals surface area (Å²) in [4.78, 5) is 4.49. The molecule has 1 aliphatic rings. The molecule has 0 bridgehead atoms. The molecule has 2 aromatic rings. The van der Waals surface area contributed by atoms with Gasteiger partial charge in [-0.2, -0.15) is 0 Å². The number of rotatable bonds is 2. The highest BCUT2D eigenvalue weighted by atomic mass is 127. The number of aromatic nitrogens is 2. The Kier molecular flexibility index (Phi) is 3.81. The maximum atomic E-state index is 13.8. The molecule has 0 radical (unpaired) electrons. The van der Waals surface area contributed by atoms with E-state index in [2.05, 4.69) is 9.99 Å². The van der Waals surface area contributed by atoms with E-state index in [0.29, 0.717) is 22.7 Å². The summed E-state index contributed by atoms with van der Waals surface area (Å²) >= 11 is 7.93. The average molecular weight is 396 g/mol. The molecule has 0 amide bonds. The summed E-state index contributed by atoms with van der Waals surface area (Å²) in [6, 6.07) is 3.27. The lowest BCUT2D eigenvalue weighted by molar-refractivity contribution is 0.111. The van der Waals surface area contributed by atoms with E-state index in [0.717, 1.165) is 29.9 Å². The minimum Gasteiger partial charge on any atom is -0.378 e. The third kappa shape index (κ3) is 2.41. The summed E-state index contributed by atoms with van der Waals surface area (Å²) in [6.07, 6.45) is 0. The van der Waals surface area contributed by atoms with Gasteiger partial charge in [-0.3, -0.25) is 0 Å². The molecule has 0 spiro atoms. The van der Waals surface area contributed by atoms with Crippen LogP contribution in [0.4, 0.5) is 4.39 Å². The highest BCUT2D eigenvalue weighted by Gasteiger charge is 2.19. The fourth-order valence-corrected chi connectivity index (χ4v) is 2.89. The molecule has 1 aliphatic heterocycles. The molecule has 1 aromatic heterocycles. The topological polar surface area (TPSA) is 30.3 Å². The van der Waals surface area contributed by atoms with Crippen molar-refractivity contribution in [1.82, 2.24) is 9.66 Å². The van der Waals surface area contributed by atoms with Crippen molar-refractivity contribution in [2.24, 2.45) is 0 Å². The number of alkyl halides is 1. The number of ether oxygens (including phenoxy) is 1. The van der Waals surface area contributed by atoms with Crippen LogP contribution in [0.5, 0.6) is 0 Å². The Morgan fingerprint density at radius 1 is 1.37 bits per heavy atom. The summed E-state index contributed by atoms with van der Waals surface area (Å²) in [5.74, 6) is 0.799. The van der Waals surface area contributed by atoms with Gasteiger partial charge in [-0.05, 0) is 28.7 Å². The van der Waals surface area contributed by atoms with Crippen LogP contribution in [-0.4, -0.2) is 36.0 Å². The molecule has 1 fully saturated rings. The molecule has 4 nitrogen and oxygen atoms in total. The molecule has 0 aliphatic carbocycles. The van der Waals surface area contributed by atoms with Gasteiger partial charge in [0.25, 0.3) is 0 Å². The molecule has 0 N–H and O–H groups in total. The van der Waals surface area contributed by atoms with Crippen molar-refractivity contribution >= 4 is 45.2 Å². The Hall–Kier alpha value is -0.600. The molecule has 2 heterocycles. The second kappa shape index (κ2) is 5.41. The lowest BCUT2D eigenvalue weighted by atomic mass is 10.3. The first-order chi connectivity index (χ1) is 9.20. The first kappa shape index (κ1) is 13.4. The predicted octanol–water partition coefficient (Wildman–Crippen LogP) is 2.49. The normalized spacial score (nSPS) is 16.3. The number of fused-ring (bicyclic) bond motifs is 1. The van der Waals surface area contributed by atoms with Crippen molar-refractivity contribution in [3.8, 4) is 0 Å². The van der Waals surface area contributed by atoms with E-state index in [9.17, 15) is 4.39 Å². The van der Waals surface area contributed by atoms with Gasteiger partial charge in [-0.1, -0.05) is 0 Å². The third-order valence-electron chi connectivity index (χ3n) is 3.13. The Morgan fingerprint density at radius 2 is 2.11 bits per heavy atom. The van der Waals surface area contributed by atoms with Crippen molar-refractivity contribution in [1.29, 1.82) is 0 Å². The molecule has 0 unspecified atom stereocenters. The zero-order valence-corrected chi connectivity index (χ0v) is 13.0. The largest absolute Gasteiger partial charge is 0.378 e. The van der Waals surface area contributed by atoms with Crippen LogP contribution in [0.25, 0.3) is 11.0 Å². The lowest BCUT2D eigenvalue weighted by Gasteiger charge is -2.31. The number of hydrogen-bond acceptors (Lipinski definition) is 3. The van der Waals surface area contributed by atoms with Crippen LogP contribution in [0.1, 0.15) is 5.82 Å². The van der Waals surface area contributed by atoms with Crippen molar-refractivity contribution < 1.29 is 9.13 Å². The molecule has 102 valence electrons. The molecule has 3 rings (SSSR count). The van der Waals surface area contributed by atoms with Crippen molar-refractivity contribution in [2.75, 3.05) is 31.3 Å². The van der Waals surface area contributed by atoms with Gasteiger partial charge in [-0.15, -0.1) is 11.6 Å². The van der Waals surface area contributed by atoms with Crippen molar-refractivity contribution in [3.63, 3.8) is 0 Å². The summed E-state index contributed by atoms with van der Waals surface area (Å²) in [5.41, 5.74) is 1.53. The number of nitrogens with zero attached hydrogens (tertiary/aromatic N) is 3. The number of benzene rings is 1. The number of morpholine rings is 1. The first-order valence-corrected chi connectivity index (χ1v) is 7.57. The van der Waals surface area contributed by atoms with Gasteiger partial charge >= 0.3 is 0 Å². The monoisotopic (exact) mass is 395 g/mol. The molecule has 1 aromatic carbocycles. The number of imidazole rings is 1. The van der Waals surface area contributed by atoms with Gasteiger partial charge in [0.15, 0.2) is 0 Å². The van der Waals surface area contributed by atoms with Gasteiger partial charge < -0.3 is 9.75 Å². The molecule has 0 atom stereocenters. The van der Waals surface area contributed by atoms with Gasteiger partial charge in [0.05, 0.1) is 46.8 Å². The predicted molar refractivity (Wildman–Crippen MR) is 80.7 cm³/mol. The smallest absolute Gasteiger partial charge is 0.143 e. The molecule has 7 heteroatoms. The molecular formula is C12H12ClFIN3O. The molecule has 1 saturated heterocycles. The van der Waals surface area contributed by atoms with Crippen LogP contribution in [-0.2, 0) is 10.6 Å². The van der Waals surface area contributed by atoms with Crippen LogP contribution in [0, 0.1) is 9.39 Å². The maximum absolute atomic E-state index is 13.8. The zero-order chi connectivity index (χ0) is 13.4. The second-order valence-electron chi connectivity index (χ2n) is 4.29. The minimum absolute atomic E-state index is 0.233. The fourth-order valence-electron chi connectivity index (χ4n) is 2.27. The standard InChI is InChI=1S/C12H12ClFIN3O/c13-7-12-16-10-6-9(15)8(14)5-11(10)18(12)17-1-3-19-4-2-17/h5-6H,1-4,7H2. The van der Waals surface area contributed by atoms with Gasteiger partial charge in [0, 0.05) is 6.07 Å². The van der Waals surface area contributed by atoms with Crippen LogP contribution >= 0.6 is 34.2 Å². The van der Waals surface area contributed by atoms with Gasteiger partial charge in [0.2, 0.25) is 0 Å². The highest BCUT2D eigenvalue weighted by molar-refractivity contribution is 14.1. The Morgan fingerprint density at radius 3 is 2.79 bits per heavy atom. The molecule has 19 heavy (non-hydrogen) atoms. The summed E-state index contributed by atoms with van der Waals surface area (Å²) < 4.78 is 21.6. The summed E-state index contributed by atoms with van der Waals surface area (Å²) in [7, 11) is 0. The lowest BCUT2D eigenvalue weighted by Crippen LogP contribution is -2.44. The Bertz CT molecular complexity index is 613. The van der Waals surface area contributed by atoms with E-state index in [1.807, 2.05) is 27.3 Å². The maximum Gasteiger partial charge on any atom is 0.143 e. The van der Waals surface area contributed by atoms with Gasteiger partial charge in [0.1, 0.15) is 11.6 Å². The van der Waals surface area contributed by atoms with E-state index in [1.165, 1.54) is 6.07 Å². The first-order valence-electron chi connectivity index (χ1n) is 5.96. The zero-order valence-electron chi connectivity index (χ0n) is 10.1. The van der Waals surface area contributed by atoms with Crippen LogP contribution in [0.15, 0.2) is 12.1 Å². The van der Waals surface area contributed by atoms with Crippen molar-refractivity contribution in [2.45, 2.75) is 5.88 Å². The SMILES string of the molecule is Fc1cc2c(cc1I)nc(CCl)n2N1CCOCC1. The van der Waals surface area contributed by atoms with Crippen LogP contribution < -0.4 is 5.01 Å². The molecule has 0 saturated carbocycles. The van der Waals surface area contributed by atoms with E-state index >= 15 is 0 Å². The third-order valence-corrected chi connectivity index (χ3v) is 4.20. The molecular weight excluding hydrogens is 384 g/mol. The second-order valence-corrected chi connectivity index (χ2v) is 5.72. The van der Waals surface area contributed by atoms with Crippen LogP contribution in [0.3, 0.4) is 0 Å². The van der Waals surface area contributed by atoms with E-state index < -0.39 is 0 Å². The summed E-state index contributed by atoms with van der Waals surface area (Å²) in [6.45, 7) is 2.83. The van der Waals surface area contributed by atoms with Crippen molar-refractivity contribution in [3.05, 3.63) is 27.3 Å². The van der Waals surface area contributed by atoms with E-state index in [4.69, 9.17) is 16.3 Å². The number of halogens is 3. The Labute approximate surface area is 128 Å². The average Bonchev–Trinajstić information content (AvgIpc) is 2.78. The number of hydrogen-bond donors (Lipinski definition) is 0. The van der Waals surface area contributed by atoms with E-state index in [-0.39, 0.29) is 5.82 Å². The van der Waals surface area contributed by atoms with E-state index in [1.54, 1.807) is 6.07 Å². The van der Waals surface area contributed by atoms with Gasteiger partial charge in [-0.25, -0.2) is 14.1 Å². The highest BCUT2D eigenvalue weighted by Crippen LogP contribution is 2.23. The quantitative estimate of drug-likeness (QED) is 0.578. The summed E-state index contributed by atoms with van der Waals surface area (Å²) in [5, 5.41) is 2.10. The fraction of sp³-hybridized carbons (Fsp3) is 0.417.